The number of nitrogens with one attached hydrogen (secondary N) is 2. The van der Waals surface area contributed by atoms with Crippen molar-refractivity contribution in [3.63, 3.8) is 0 Å². The number of nitrogens with zero attached hydrogens (tertiary/aromatic N) is 3. The monoisotopic (exact) mass is 358 g/mol. The second-order valence-corrected chi connectivity index (χ2v) is 7.03. The molecule has 7 nitrogen and oxygen atoms in total. The van der Waals surface area contributed by atoms with Crippen molar-refractivity contribution in [1.29, 1.82) is 0 Å². The first kappa shape index (κ1) is 17.5. The number of anilines is 2. The van der Waals surface area contributed by atoms with Crippen molar-refractivity contribution in [2.45, 2.75) is 32.1 Å². The molecule has 1 aromatic carbocycles. The van der Waals surface area contributed by atoms with Crippen molar-refractivity contribution in [3.8, 4) is 0 Å². The maximum atomic E-state index is 12.4. The number of rotatable bonds is 8. The Bertz CT molecular complexity index is 768. The lowest BCUT2D eigenvalue weighted by molar-refractivity contribution is 0.102. The minimum absolute atomic E-state index is 0.193. The number of amides is 1. The number of carbonyl (C=O) groups excluding carboxylic acids is 1. The zero-order valence-electron chi connectivity index (χ0n) is 14.2. The van der Waals surface area contributed by atoms with E-state index in [1.54, 1.807) is 12.4 Å². The minimum Gasteiger partial charge on any atom is -0.346 e. The zero-order valence-corrected chi connectivity index (χ0v) is 15.0. The highest BCUT2D eigenvalue weighted by atomic mass is 32.1. The summed E-state index contributed by atoms with van der Waals surface area (Å²) in [5.74, 6) is 0.346. The Balaban J connectivity index is 1.63. The van der Waals surface area contributed by atoms with Crippen LogP contribution in [0.25, 0.3) is 0 Å². The maximum absolute atomic E-state index is 12.4. The van der Waals surface area contributed by atoms with Gasteiger partial charge in [0.25, 0.3) is 5.91 Å². The Labute approximate surface area is 150 Å². The van der Waals surface area contributed by atoms with E-state index in [9.17, 15) is 4.79 Å². The Morgan fingerprint density at radius 3 is 3.04 bits per heavy atom. The molecule has 0 bridgehead atoms. The summed E-state index contributed by atoms with van der Waals surface area (Å²) in [7, 11) is 0. The van der Waals surface area contributed by atoms with Crippen molar-refractivity contribution in [1.82, 2.24) is 10.2 Å². The summed E-state index contributed by atoms with van der Waals surface area (Å²) < 4.78 is 0. The van der Waals surface area contributed by atoms with Gasteiger partial charge in [-0.25, -0.2) is 0 Å². The Morgan fingerprint density at radius 2 is 2.28 bits per heavy atom. The predicted octanol–water partition coefficient (Wildman–Crippen LogP) is 2.77. The van der Waals surface area contributed by atoms with Crippen molar-refractivity contribution < 1.29 is 4.79 Å². The molecule has 1 heterocycles. The third-order valence-electron chi connectivity index (χ3n) is 3.89. The van der Waals surface area contributed by atoms with Crippen LogP contribution >= 0.6 is 11.3 Å². The van der Waals surface area contributed by atoms with Gasteiger partial charge in [0, 0.05) is 23.7 Å². The number of hydrogen-bond acceptors (Lipinski definition) is 6. The van der Waals surface area contributed by atoms with Gasteiger partial charge in [-0.05, 0) is 50.4 Å². The maximum Gasteiger partial charge on any atom is 0.257 e. The van der Waals surface area contributed by atoms with E-state index in [1.807, 2.05) is 19.1 Å². The van der Waals surface area contributed by atoms with E-state index in [-0.39, 0.29) is 5.91 Å². The van der Waals surface area contributed by atoms with Crippen LogP contribution in [0.2, 0.25) is 0 Å². The lowest BCUT2D eigenvalue weighted by Gasteiger charge is -2.08. The third kappa shape index (κ3) is 4.83. The highest BCUT2D eigenvalue weighted by Gasteiger charge is 2.27. The lowest BCUT2D eigenvalue weighted by Crippen LogP contribution is -2.12. The van der Waals surface area contributed by atoms with Crippen LogP contribution < -0.4 is 16.4 Å². The molecule has 1 fully saturated rings. The molecule has 25 heavy (non-hydrogen) atoms. The predicted molar refractivity (Wildman–Crippen MR) is 102 cm³/mol. The van der Waals surface area contributed by atoms with Gasteiger partial charge < -0.3 is 11.1 Å². The number of aliphatic imine (C=N–C) groups is 1. The molecule has 0 atom stereocenters. The molecule has 0 radical (unpaired) electrons. The Kier molecular flexibility index (Phi) is 5.72. The van der Waals surface area contributed by atoms with Gasteiger partial charge in [0.1, 0.15) is 5.01 Å². The molecule has 8 heteroatoms. The highest BCUT2D eigenvalue weighted by molar-refractivity contribution is 7.15. The van der Waals surface area contributed by atoms with E-state index in [4.69, 9.17) is 5.73 Å². The first-order chi connectivity index (χ1) is 12.2. The molecule has 2 aromatic rings. The third-order valence-corrected chi connectivity index (χ3v) is 4.89. The van der Waals surface area contributed by atoms with Gasteiger partial charge >= 0.3 is 0 Å². The van der Waals surface area contributed by atoms with Crippen LogP contribution in [0.3, 0.4) is 0 Å². The molecule has 1 saturated carbocycles. The molecule has 4 N–H and O–H groups in total. The quantitative estimate of drug-likeness (QED) is 0.382. The van der Waals surface area contributed by atoms with Crippen LogP contribution in [0.15, 0.2) is 23.2 Å². The van der Waals surface area contributed by atoms with Crippen LogP contribution in [0.4, 0.5) is 10.8 Å². The fraction of sp³-hybridized carbons (Fsp3) is 0.412. The number of benzene rings is 1. The van der Waals surface area contributed by atoms with Gasteiger partial charge in [-0.3, -0.25) is 15.1 Å². The fourth-order valence-corrected chi connectivity index (χ4v) is 3.14. The molecule has 1 aromatic heterocycles. The zero-order chi connectivity index (χ0) is 17.6. The lowest BCUT2D eigenvalue weighted by atomic mass is 10.1. The SMILES string of the molecule is Cc1ccc(C(=O)Nc2nnc(C3CC3)s2)cc1NC=NCCCN. The molecule has 1 aliphatic rings. The molecule has 3 rings (SSSR count). The van der Waals surface area contributed by atoms with Gasteiger partial charge in [0.15, 0.2) is 0 Å². The van der Waals surface area contributed by atoms with Crippen LogP contribution in [0.5, 0.6) is 0 Å². The summed E-state index contributed by atoms with van der Waals surface area (Å²) in [5, 5.41) is 15.7. The molecule has 1 aliphatic carbocycles. The fourth-order valence-electron chi connectivity index (χ4n) is 2.23. The minimum atomic E-state index is -0.193. The van der Waals surface area contributed by atoms with Crippen LogP contribution in [-0.4, -0.2) is 35.5 Å². The normalized spacial score (nSPS) is 14.0. The Morgan fingerprint density at radius 1 is 1.44 bits per heavy atom. The first-order valence-corrected chi connectivity index (χ1v) is 9.19. The van der Waals surface area contributed by atoms with Gasteiger partial charge in [-0.2, -0.15) is 0 Å². The molecule has 0 unspecified atom stereocenters. The van der Waals surface area contributed by atoms with Gasteiger partial charge in [0.05, 0.1) is 6.34 Å². The molecule has 1 amide bonds. The summed E-state index contributed by atoms with van der Waals surface area (Å²) in [6, 6.07) is 5.51. The van der Waals surface area contributed by atoms with Crippen LogP contribution in [-0.2, 0) is 0 Å². The standard InChI is InChI=1S/C17H22N6OS/c1-11-3-4-13(9-14(11)20-10-19-8-2-7-18)15(24)21-17-23-22-16(25-17)12-5-6-12/h3-4,9-10,12H,2,5-8,18H2,1H3,(H,19,20)(H,21,23,24). The second-order valence-electron chi connectivity index (χ2n) is 6.03. The molecular weight excluding hydrogens is 336 g/mol. The number of carbonyl (C=O) groups is 1. The molecule has 132 valence electrons. The van der Waals surface area contributed by atoms with Crippen LogP contribution in [0, 0.1) is 6.92 Å². The highest BCUT2D eigenvalue weighted by Crippen LogP contribution is 2.42. The summed E-state index contributed by atoms with van der Waals surface area (Å²) in [5.41, 5.74) is 7.88. The first-order valence-electron chi connectivity index (χ1n) is 8.37. The summed E-state index contributed by atoms with van der Waals surface area (Å²) in [6.07, 6.45) is 4.83. The van der Waals surface area contributed by atoms with E-state index in [2.05, 4.69) is 25.8 Å². The second kappa shape index (κ2) is 8.17. The summed E-state index contributed by atoms with van der Waals surface area (Å²) in [4.78, 5) is 16.7. The van der Waals surface area contributed by atoms with Gasteiger partial charge in [0.2, 0.25) is 5.13 Å². The van der Waals surface area contributed by atoms with E-state index in [0.717, 1.165) is 22.7 Å². The topological polar surface area (TPSA) is 105 Å². The van der Waals surface area contributed by atoms with Gasteiger partial charge in [-0.15, -0.1) is 10.2 Å². The smallest absolute Gasteiger partial charge is 0.257 e. The van der Waals surface area contributed by atoms with Crippen molar-refractivity contribution in [2.24, 2.45) is 10.7 Å². The van der Waals surface area contributed by atoms with Crippen LogP contribution in [0.1, 0.15) is 46.1 Å². The average molecular weight is 358 g/mol. The van der Waals surface area contributed by atoms with E-state index >= 15 is 0 Å². The molecule has 0 saturated heterocycles. The Hall–Kier alpha value is -2.32. The van der Waals surface area contributed by atoms with E-state index in [0.29, 0.717) is 29.7 Å². The number of aromatic nitrogens is 2. The van der Waals surface area contributed by atoms with Crippen molar-refractivity contribution in [2.75, 3.05) is 23.7 Å². The van der Waals surface area contributed by atoms with E-state index in [1.165, 1.54) is 24.2 Å². The van der Waals surface area contributed by atoms with E-state index < -0.39 is 0 Å². The molecular formula is C17H22N6OS. The summed E-state index contributed by atoms with van der Waals surface area (Å²) in [6.45, 7) is 3.29. The van der Waals surface area contributed by atoms with Gasteiger partial charge in [-0.1, -0.05) is 17.4 Å². The number of hydrogen-bond donors (Lipinski definition) is 3. The largest absolute Gasteiger partial charge is 0.346 e. The summed E-state index contributed by atoms with van der Waals surface area (Å²) >= 11 is 1.45. The molecule has 0 aliphatic heterocycles. The van der Waals surface area contributed by atoms with Crippen molar-refractivity contribution >= 4 is 34.4 Å². The average Bonchev–Trinajstić information content (AvgIpc) is 3.36. The number of aryl methyl sites for hydroxylation is 1. The number of nitrogens with two attached hydrogens (primary N) is 1. The molecule has 0 spiro atoms. The van der Waals surface area contributed by atoms with Crippen molar-refractivity contribution in [3.05, 3.63) is 34.3 Å².